The minimum absolute atomic E-state index is 0.0242. The Bertz CT molecular complexity index is 1080. The highest BCUT2D eigenvalue weighted by Crippen LogP contribution is 2.35. The molecule has 0 saturated carbocycles. The van der Waals surface area contributed by atoms with E-state index in [1.807, 2.05) is 0 Å². The van der Waals surface area contributed by atoms with E-state index in [4.69, 9.17) is 9.15 Å². The number of rotatable bonds is 10. The standard InChI is InChI=1S/C26H34F3N5O4/c1-37-14-9-30-22(36)16-18-7-12-33(13-8-18)21-6-5-19(17-31-21)15-20(35)23-24(26(27,28)29)32-25(38-23)34-10-3-2-4-11-34/h5-6,17-18H,2-4,7-16H2,1H3,(H,30,36). The lowest BCUT2D eigenvalue weighted by Crippen LogP contribution is -2.36. The van der Waals surface area contributed by atoms with Crippen LogP contribution in [0.25, 0.3) is 0 Å². The maximum Gasteiger partial charge on any atom is 0.437 e. The first-order chi connectivity index (χ1) is 18.2. The third kappa shape index (κ3) is 7.24. The maximum absolute atomic E-state index is 13.6. The van der Waals surface area contributed by atoms with Crippen molar-refractivity contribution in [2.45, 2.75) is 51.1 Å². The first-order valence-electron chi connectivity index (χ1n) is 13.1. The van der Waals surface area contributed by atoms with E-state index >= 15 is 0 Å². The lowest BCUT2D eigenvalue weighted by atomic mass is 9.93. The van der Waals surface area contributed by atoms with Crippen molar-refractivity contribution in [2.75, 3.05) is 56.2 Å². The van der Waals surface area contributed by atoms with Gasteiger partial charge in [-0.05, 0) is 49.7 Å². The number of anilines is 2. The van der Waals surface area contributed by atoms with Gasteiger partial charge in [-0.2, -0.15) is 18.2 Å². The lowest BCUT2D eigenvalue weighted by Gasteiger charge is -2.32. The molecule has 0 aromatic carbocycles. The van der Waals surface area contributed by atoms with E-state index in [1.165, 1.54) is 6.20 Å². The number of aromatic nitrogens is 2. The van der Waals surface area contributed by atoms with Crippen LogP contribution in [0.4, 0.5) is 25.0 Å². The number of pyridine rings is 1. The fourth-order valence-electron chi connectivity index (χ4n) is 4.88. The van der Waals surface area contributed by atoms with Crippen molar-refractivity contribution < 1.29 is 31.9 Å². The molecule has 9 nitrogen and oxygen atoms in total. The van der Waals surface area contributed by atoms with Gasteiger partial charge in [0.1, 0.15) is 5.82 Å². The van der Waals surface area contributed by atoms with Crippen molar-refractivity contribution in [3.05, 3.63) is 35.3 Å². The van der Waals surface area contributed by atoms with Gasteiger partial charge in [-0.1, -0.05) is 6.07 Å². The quantitative estimate of drug-likeness (QED) is 0.360. The predicted octanol–water partition coefficient (Wildman–Crippen LogP) is 3.87. The molecule has 2 fully saturated rings. The number of nitrogens with zero attached hydrogens (tertiary/aromatic N) is 4. The topological polar surface area (TPSA) is 101 Å². The number of hydrogen-bond acceptors (Lipinski definition) is 8. The molecular formula is C26H34F3N5O4. The number of halogens is 3. The Labute approximate surface area is 219 Å². The number of oxazole rings is 1. The highest BCUT2D eigenvalue weighted by Gasteiger charge is 2.41. The predicted molar refractivity (Wildman–Crippen MR) is 134 cm³/mol. The first kappa shape index (κ1) is 27.9. The average Bonchev–Trinajstić information content (AvgIpc) is 3.37. The van der Waals surface area contributed by atoms with Gasteiger partial charge in [0, 0.05) is 58.9 Å². The second kappa shape index (κ2) is 12.6. The number of methoxy groups -OCH3 is 1. The molecule has 0 bridgehead atoms. The Hall–Kier alpha value is -3.15. The van der Waals surface area contributed by atoms with Crippen LogP contribution in [0.1, 0.15) is 60.3 Å². The zero-order valence-corrected chi connectivity index (χ0v) is 21.6. The zero-order valence-electron chi connectivity index (χ0n) is 21.6. The van der Waals surface area contributed by atoms with Crippen molar-refractivity contribution in [2.24, 2.45) is 5.92 Å². The Kier molecular flexibility index (Phi) is 9.24. The summed E-state index contributed by atoms with van der Waals surface area (Å²) in [7, 11) is 1.59. The number of Topliss-reactive ketones (excluding diaryl/α,β-unsaturated/α-hetero) is 1. The third-order valence-electron chi connectivity index (χ3n) is 6.98. The molecule has 0 aliphatic carbocycles. The van der Waals surface area contributed by atoms with Crippen LogP contribution in [0, 0.1) is 5.92 Å². The normalized spacial score (nSPS) is 17.1. The van der Waals surface area contributed by atoms with Gasteiger partial charge in [-0.3, -0.25) is 9.59 Å². The molecule has 208 valence electrons. The fourth-order valence-corrected chi connectivity index (χ4v) is 4.88. The molecule has 12 heteroatoms. The molecule has 2 saturated heterocycles. The van der Waals surface area contributed by atoms with E-state index < -0.39 is 23.4 Å². The van der Waals surface area contributed by atoms with Crippen LogP contribution in [-0.2, 0) is 22.1 Å². The highest BCUT2D eigenvalue weighted by atomic mass is 19.4. The summed E-state index contributed by atoms with van der Waals surface area (Å²) in [6.45, 7) is 3.58. The first-order valence-corrected chi connectivity index (χ1v) is 13.1. The Morgan fingerprint density at radius 2 is 1.84 bits per heavy atom. The van der Waals surface area contributed by atoms with Crippen LogP contribution >= 0.6 is 0 Å². The van der Waals surface area contributed by atoms with Gasteiger partial charge in [-0.25, -0.2) is 4.98 Å². The number of hydrogen-bond donors (Lipinski definition) is 1. The van der Waals surface area contributed by atoms with E-state index in [0.717, 1.165) is 51.0 Å². The summed E-state index contributed by atoms with van der Waals surface area (Å²) in [5.41, 5.74) is -0.784. The van der Waals surface area contributed by atoms with Crippen molar-refractivity contribution in [1.29, 1.82) is 0 Å². The van der Waals surface area contributed by atoms with Gasteiger partial charge >= 0.3 is 6.18 Å². The summed E-state index contributed by atoms with van der Waals surface area (Å²) in [6.07, 6.45) is 1.31. The number of piperidine rings is 2. The molecule has 4 rings (SSSR count). The zero-order chi connectivity index (χ0) is 27.1. The second-order valence-corrected chi connectivity index (χ2v) is 9.82. The van der Waals surface area contributed by atoms with E-state index in [2.05, 4.69) is 20.2 Å². The highest BCUT2D eigenvalue weighted by molar-refractivity contribution is 5.96. The van der Waals surface area contributed by atoms with Crippen molar-refractivity contribution in [3.8, 4) is 0 Å². The molecule has 1 amide bonds. The number of nitrogens with one attached hydrogen (secondary N) is 1. The molecule has 0 radical (unpaired) electrons. The molecule has 2 aliphatic heterocycles. The van der Waals surface area contributed by atoms with E-state index in [0.29, 0.717) is 44.1 Å². The summed E-state index contributed by atoms with van der Waals surface area (Å²) in [4.78, 5) is 36.7. The van der Waals surface area contributed by atoms with Crippen LogP contribution in [0.3, 0.4) is 0 Å². The molecule has 2 aliphatic rings. The van der Waals surface area contributed by atoms with Crippen LogP contribution in [0.15, 0.2) is 22.7 Å². The number of carbonyl (C=O) groups is 2. The van der Waals surface area contributed by atoms with Crippen molar-refractivity contribution in [3.63, 3.8) is 0 Å². The Balaban J connectivity index is 1.33. The molecule has 38 heavy (non-hydrogen) atoms. The second-order valence-electron chi connectivity index (χ2n) is 9.82. The summed E-state index contributed by atoms with van der Waals surface area (Å²) in [6, 6.07) is 3.32. The van der Waals surface area contributed by atoms with Gasteiger partial charge in [0.2, 0.25) is 17.5 Å². The maximum atomic E-state index is 13.6. The lowest BCUT2D eigenvalue weighted by molar-refractivity contribution is -0.141. The minimum Gasteiger partial charge on any atom is -0.420 e. The van der Waals surface area contributed by atoms with Crippen LogP contribution in [-0.4, -0.2) is 68.1 Å². The molecule has 2 aromatic rings. The third-order valence-corrected chi connectivity index (χ3v) is 6.98. The van der Waals surface area contributed by atoms with Crippen molar-refractivity contribution in [1.82, 2.24) is 15.3 Å². The van der Waals surface area contributed by atoms with E-state index in [1.54, 1.807) is 24.1 Å². The Morgan fingerprint density at radius 3 is 2.47 bits per heavy atom. The van der Waals surface area contributed by atoms with E-state index in [-0.39, 0.29) is 18.3 Å². The van der Waals surface area contributed by atoms with Crippen LogP contribution < -0.4 is 15.1 Å². The fraction of sp³-hybridized carbons (Fsp3) is 0.615. The van der Waals surface area contributed by atoms with Gasteiger partial charge < -0.3 is 24.3 Å². The molecule has 0 unspecified atom stereocenters. The number of carbonyl (C=O) groups excluding carboxylic acids is 2. The van der Waals surface area contributed by atoms with Gasteiger partial charge in [0.15, 0.2) is 5.69 Å². The SMILES string of the molecule is COCCNC(=O)CC1CCN(c2ccc(CC(=O)c3oc(N4CCCCC4)nc3C(F)(F)F)cn2)CC1. The summed E-state index contributed by atoms with van der Waals surface area (Å²) in [5.74, 6) is -0.490. The molecule has 4 heterocycles. The molecule has 0 spiro atoms. The summed E-state index contributed by atoms with van der Waals surface area (Å²) in [5, 5.41) is 2.84. The molecule has 0 atom stereocenters. The van der Waals surface area contributed by atoms with Gasteiger partial charge in [0.05, 0.1) is 6.61 Å². The largest absolute Gasteiger partial charge is 0.437 e. The number of amides is 1. The number of ether oxygens (including phenoxy) is 1. The average molecular weight is 538 g/mol. The monoisotopic (exact) mass is 537 g/mol. The van der Waals surface area contributed by atoms with Crippen LogP contribution in [0.2, 0.25) is 0 Å². The number of ketones is 1. The smallest absolute Gasteiger partial charge is 0.420 e. The summed E-state index contributed by atoms with van der Waals surface area (Å²) >= 11 is 0. The number of alkyl halides is 3. The molecule has 1 N–H and O–H groups in total. The van der Waals surface area contributed by atoms with Gasteiger partial charge in [-0.15, -0.1) is 0 Å². The minimum atomic E-state index is -4.79. The van der Waals surface area contributed by atoms with Gasteiger partial charge in [0.25, 0.3) is 6.01 Å². The molecule has 2 aromatic heterocycles. The van der Waals surface area contributed by atoms with E-state index in [9.17, 15) is 22.8 Å². The Morgan fingerprint density at radius 1 is 1.11 bits per heavy atom. The summed E-state index contributed by atoms with van der Waals surface area (Å²) < 4.78 is 51.2. The van der Waals surface area contributed by atoms with Crippen LogP contribution in [0.5, 0.6) is 0 Å². The molecular weight excluding hydrogens is 503 g/mol. The van der Waals surface area contributed by atoms with Crippen molar-refractivity contribution >= 4 is 23.5 Å².